The van der Waals surface area contributed by atoms with Gasteiger partial charge in [0.15, 0.2) is 5.13 Å². The van der Waals surface area contributed by atoms with Gasteiger partial charge in [0.05, 0.1) is 12.3 Å². The van der Waals surface area contributed by atoms with E-state index in [0.29, 0.717) is 29.5 Å². The molecule has 0 unspecified atom stereocenters. The van der Waals surface area contributed by atoms with Crippen molar-refractivity contribution in [2.45, 2.75) is 0 Å². The van der Waals surface area contributed by atoms with Crippen LogP contribution in [-0.2, 0) is 4.74 Å². The van der Waals surface area contributed by atoms with Crippen LogP contribution in [-0.4, -0.2) is 25.2 Å². The fraction of sp³-hybridized carbons (Fsp3) is 0.250. The smallest absolute Gasteiger partial charge is 0.183 e. The summed E-state index contributed by atoms with van der Waals surface area (Å²) in [7, 11) is 1.62. The van der Waals surface area contributed by atoms with Gasteiger partial charge in [0.25, 0.3) is 0 Å². The zero-order chi connectivity index (χ0) is 13.0. The summed E-state index contributed by atoms with van der Waals surface area (Å²) >= 11 is 1.38. The maximum atomic E-state index is 13.1. The predicted octanol–water partition coefficient (Wildman–Crippen LogP) is 3.15. The van der Waals surface area contributed by atoms with Gasteiger partial charge < -0.3 is 10.1 Å². The summed E-state index contributed by atoms with van der Waals surface area (Å²) in [5.74, 6) is -1.21. The number of hydrogen-bond donors (Lipinski definition) is 1. The molecule has 1 aromatic heterocycles. The number of anilines is 1. The van der Waals surface area contributed by atoms with E-state index in [2.05, 4.69) is 10.3 Å². The number of ether oxygens (including phenoxy) is 1. The second-order valence-electron chi connectivity index (χ2n) is 3.62. The third-order valence-electron chi connectivity index (χ3n) is 2.24. The lowest BCUT2D eigenvalue weighted by molar-refractivity contribution is 0.211. The Morgan fingerprint density at radius 1 is 1.28 bits per heavy atom. The highest BCUT2D eigenvalue weighted by Gasteiger charge is 2.07. The Bertz CT molecular complexity index is 510. The van der Waals surface area contributed by atoms with Crippen molar-refractivity contribution < 1.29 is 13.5 Å². The predicted molar refractivity (Wildman–Crippen MR) is 67.8 cm³/mol. The van der Waals surface area contributed by atoms with E-state index in [1.807, 2.05) is 0 Å². The molecule has 0 aliphatic rings. The van der Waals surface area contributed by atoms with Crippen molar-refractivity contribution in [3.8, 4) is 11.3 Å². The minimum atomic E-state index is -0.605. The molecule has 0 aliphatic heterocycles. The standard InChI is InChI=1S/C12H12F2N2OS/c1-17-3-2-15-12-16-11(7-18-12)8-4-9(13)6-10(14)5-8/h4-7H,2-3H2,1H3,(H,15,16). The third kappa shape index (κ3) is 3.24. The van der Waals surface area contributed by atoms with Crippen LogP contribution in [0.2, 0.25) is 0 Å². The number of nitrogens with one attached hydrogen (secondary N) is 1. The van der Waals surface area contributed by atoms with Crippen LogP contribution in [0.4, 0.5) is 13.9 Å². The van der Waals surface area contributed by atoms with E-state index in [0.717, 1.165) is 6.07 Å². The molecule has 0 fully saturated rings. The summed E-state index contributed by atoms with van der Waals surface area (Å²) < 4.78 is 31.0. The highest BCUT2D eigenvalue weighted by Crippen LogP contribution is 2.25. The lowest BCUT2D eigenvalue weighted by atomic mass is 10.2. The topological polar surface area (TPSA) is 34.1 Å². The van der Waals surface area contributed by atoms with Crippen LogP contribution >= 0.6 is 11.3 Å². The van der Waals surface area contributed by atoms with E-state index in [9.17, 15) is 8.78 Å². The van der Waals surface area contributed by atoms with Crippen molar-refractivity contribution in [1.29, 1.82) is 0 Å². The Kier molecular flexibility index (Phi) is 4.22. The second kappa shape index (κ2) is 5.88. The van der Waals surface area contributed by atoms with Gasteiger partial charge >= 0.3 is 0 Å². The monoisotopic (exact) mass is 270 g/mol. The lowest BCUT2D eigenvalue weighted by Crippen LogP contribution is -2.07. The summed E-state index contributed by atoms with van der Waals surface area (Å²) in [6, 6.07) is 3.36. The third-order valence-corrected chi connectivity index (χ3v) is 3.04. The van der Waals surface area contributed by atoms with Gasteiger partial charge in [-0.3, -0.25) is 0 Å². The summed E-state index contributed by atoms with van der Waals surface area (Å²) in [5.41, 5.74) is 0.988. The minimum absolute atomic E-state index is 0.434. The molecule has 1 aromatic carbocycles. The molecule has 0 spiro atoms. The van der Waals surface area contributed by atoms with Crippen molar-refractivity contribution in [2.24, 2.45) is 0 Å². The highest BCUT2D eigenvalue weighted by atomic mass is 32.1. The molecule has 0 aliphatic carbocycles. The Morgan fingerprint density at radius 3 is 2.67 bits per heavy atom. The van der Waals surface area contributed by atoms with Gasteiger partial charge in [0, 0.05) is 30.7 Å². The fourth-order valence-corrected chi connectivity index (χ4v) is 2.20. The SMILES string of the molecule is COCCNc1nc(-c2cc(F)cc(F)c2)cs1. The van der Waals surface area contributed by atoms with Gasteiger partial charge in [0.1, 0.15) is 11.6 Å². The first kappa shape index (κ1) is 12.9. The van der Waals surface area contributed by atoms with Crippen molar-refractivity contribution >= 4 is 16.5 Å². The summed E-state index contributed by atoms with van der Waals surface area (Å²) in [5, 5.41) is 5.51. The Hall–Kier alpha value is -1.53. The molecule has 96 valence electrons. The Morgan fingerprint density at radius 2 is 2.00 bits per heavy atom. The molecule has 18 heavy (non-hydrogen) atoms. The molecular weight excluding hydrogens is 258 g/mol. The molecule has 0 saturated heterocycles. The van der Waals surface area contributed by atoms with Gasteiger partial charge in [-0.15, -0.1) is 11.3 Å². The van der Waals surface area contributed by atoms with Gasteiger partial charge in [-0.25, -0.2) is 13.8 Å². The number of halogens is 2. The molecule has 0 bridgehead atoms. The van der Waals surface area contributed by atoms with E-state index >= 15 is 0 Å². The van der Waals surface area contributed by atoms with Crippen LogP contribution in [0.5, 0.6) is 0 Å². The molecule has 1 N–H and O–H groups in total. The van der Waals surface area contributed by atoms with Crippen LogP contribution in [0.15, 0.2) is 23.6 Å². The maximum Gasteiger partial charge on any atom is 0.183 e. The van der Waals surface area contributed by atoms with Gasteiger partial charge in [-0.2, -0.15) is 0 Å². The first-order valence-corrected chi connectivity index (χ1v) is 6.22. The molecule has 0 radical (unpaired) electrons. The number of aromatic nitrogens is 1. The summed E-state index contributed by atoms with van der Waals surface area (Å²) in [6.07, 6.45) is 0. The molecule has 2 aromatic rings. The Balaban J connectivity index is 2.13. The van der Waals surface area contributed by atoms with E-state index in [1.54, 1.807) is 12.5 Å². The average molecular weight is 270 g/mol. The molecule has 1 heterocycles. The van der Waals surface area contributed by atoms with Crippen LogP contribution < -0.4 is 5.32 Å². The number of thiazole rings is 1. The van der Waals surface area contributed by atoms with Crippen molar-refractivity contribution in [2.75, 3.05) is 25.6 Å². The minimum Gasteiger partial charge on any atom is -0.383 e. The first-order valence-electron chi connectivity index (χ1n) is 5.34. The molecule has 6 heteroatoms. The van der Waals surface area contributed by atoms with Crippen molar-refractivity contribution in [3.63, 3.8) is 0 Å². The van der Waals surface area contributed by atoms with Gasteiger partial charge in [-0.1, -0.05) is 0 Å². The summed E-state index contributed by atoms with van der Waals surface area (Å²) in [4.78, 5) is 4.25. The average Bonchev–Trinajstić information content (AvgIpc) is 2.77. The molecule has 3 nitrogen and oxygen atoms in total. The number of nitrogens with zero attached hydrogens (tertiary/aromatic N) is 1. The lowest BCUT2D eigenvalue weighted by Gasteiger charge is -2.00. The zero-order valence-corrected chi connectivity index (χ0v) is 10.6. The van der Waals surface area contributed by atoms with Crippen LogP contribution in [0.3, 0.4) is 0 Å². The Labute approximate surface area is 107 Å². The van der Waals surface area contributed by atoms with E-state index < -0.39 is 11.6 Å². The fourth-order valence-electron chi connectivity index (χ4n) is 1.45. The molecular formula is C12H12F2N2OS. The van der Waals surface area contributed by atoms with Crippen molar-refractivity contribution in [1.82, 2.24) is 4.98 Å². The van der Waals surface area contributed by atoms with Crippen LogP contribution in [0, 0.1) is 11.6 Å². The second-order valence-corrected chi connectivity index (χ2v) is 4.47. The van der Waals surface area contributed by atoms with Crippen LogP contribution in [0.1, 0.15) is 0 Å². The zero-order valence-electron chi connectivity index (χ0n) is 9.74. The molecule has 0 saturated carbocycles. The van der Waals surface area contributed by atoms with E-state index in [1.165, 1.54) is 23.5 Å². The molecule has 2 rings (SSSR count). The number of benzene rings is 1. The number of hydrogen-bond acceptors (Lipinski definition) is 4. The molecule has 0 atom stereocenters. The van der Waals surface area contributed by atoms with E-state index in [4.69, 9.17) is 4.74 Å². The van der Waals surface area contributed by atoms with E-state index in [-0.39, 0.29) is 0 Å². The van der Waals surface area contributed by atoms with Gasteiger partial charge in [0.2, 0.25) is 0 Å². The quantitative estimate of drug-likeness (QED) is 0.847. The van der Waals surface area contributed by atoms with Gasteiger partial charge in [-0.05, 0) is 12.1 Å². The van der Waals surface area contributed by atoms with Crippen LogP contribution in [0.25, 0.3) is 11.3 Å². The number of methoxy groups -OCH3 is 1. The van der Waals surface area contributed by atoms with Crippen molar-refractivity contribution in [3.05, 3.63) is 35.2 Å². The normalized spacial score (nSPS) is 10.6. The largest absolute Gasteiger partial charge is 0.383 e. The first-order chi connectivity index (χ1) is 8.69. The highest BCUT2D eigenvalue weighted by molar-refractivity contribution is 7.14. The number of rotatable bonds is 5. The maximum absolute atomic E-state index is 13.1. The molecule has 0 amide bonds. The summed E-state index contributed by atoms with van der Waals surface area (Å²) in [6.45, 7) is 1.21.